The molecule has 8 heteroatoms. The standard InChI is InChI=1S/2C4H4F4/c2*5-2-1-3(6)4(7)8/h2*1-4H. The van der Waals surface area contributed by atoms with E-state index >= 15 is 0 Å². The Morgan fingerprint density at radius 2 is 0.812 bits per heavy atom. The Kier molecular flexibility index (Phi) is 11.3. The summed E-state index contributed by atoms with van der Waals surface area (Å²) in [7, 11) is 0. The topological polar surface area (TPSA) is 0 Å². The van der Waals surface area contributed by atoms with Crippen LogP contribution in [0.25, 0.3) is 0 Å². The molecule has 0 aliphatic carbocycles. The molecule has 96 valence electrons. The molecule has 0 aromatic rings. The fourth-order valence-electron chi connectivity index (χ4n) is 0.307. The Bertz CT molecular complexity index is 178. The highest BCUT2D eigenvalue weighted by molar-refractivity contribution is 4.84. The second kappa shape index (κ2) is 10.4. The Balaban J connectivity index is 0. The first-order valence-corrected chi connectivity index (χ1v) is 3.75. The van der Waals surface area contributed by atoms with Gasteiger partial charge in [0.25, 0.3) is 12.9 Å². The fraction of sp³-hybridized carbons (Fsp3) is 0.500. The zero-order chi connectivity index (χ0) is 13.1. The van der Waals surface area contributed by atoms with Crippen molar-refractivity contribution in [2.24, 2.45) is 0 Å². The van der Waals surface area contributed by atoms with Crippen molar-refractivity contribution in [2.45, 2.75) is 25.2 Å². The van der Waals surface area contributed by atoms with E-state index in [-0.39, 0.29) is 24.8 Å². The van der Waals surface area contributed by atoms with Crippen LogP contribution >= 0.6 is 0 Å². The molecular weight excluding hydrogens is 248 g/mol. The molecule has 0 spiro atoms. The molecule has 0 N–H and O–H groups in total. The molecule has 0 fully saturated rings. The minimum absolute atomic E-state index is 0.157. The largest absolute Gasteiger partial charge is 0.272 e. The Labute approximate surface area is 86.2 Å². The lowest BCUT2D eigenvalue weighted by Gasteiger charge is -1.95. The van der Waals surface area contributed by atoms with Crippen molar-refractivity contribution in [3.63, 3.8) is 0 Å². The maximum Gasteiger partial charge on any atom is 0.272 e. The first-order chi connectivity index (χ1) is 7.36. The summed E-state index contributed by atoms with van der Waals surface area (Å²) in [4.78, 5) is 0. The van der Waals surface area contributed by atoms with Crippen molar-refractivity contribution in [3.8, 4) is 0 Å². The maximum atomic E-state index is 11.4. The predicted molar refractivity (Wildman–Crippen MR) is 42.3 cm³/mol. The van der Waals surface area contributed by atoms with Crippen LogP contribution in [0.5, 0.6) is 0 Å². The summed E-state index contributed by atoms with van der Waals surface area (Å²) >= 11 is 0. The van der Waals surface area contributed by atoms with Gasteiger partial charge in [0.05, 0.1) is 12.7 Å². The lowest BCUT2D eigenvalue weighted by molar-refractivity contribution is 0.0743. The quantitative estimate of drug-likeness (QED) is 0.663. The molecule has 0 rings (SSSR count). The van der Waals surface area contributed by atoms with Crippen molar-refractivity contribution in [1.82, 2.24) is 0 Å². The Hall–Kier alpha value is -1.08. The molecule has 2 unspecified atom stereocenters. The zero-order valence-electron chi connectivity index (χ0n) is 7.64. The fourth-order valence-corrected chi connectivity index (χ4v) is 0.307. The third-order valence-electron chi connectivity index (χ3n) is 0.995. The third-order valence-corrected chi connectivity index (χ3v) is 0.995. The molecule has 0 aromatic carbocycles. The van der Waals surface area contributed by atoms with Gasteiger partial charge in [-0.1, -0.05) is 0 Å². The van der Waals surface area contributed by atoms with E-state index in [0.717, 1.165) is 0 Å². The molecule has 0 radical (unpaired) electrons. The average molecular weight is 256 g/mol. The summed E-state index contributed by atoms with van der Waals surface area (Å²) in [6.07, 6.45) is -11.4. The van der Waals surface area contributed by atoms with Gasteiger partial charge in [-0.3, -0.25) is 0 Å². The molecule has 0 bridgehead atoms. The monoisotopic (exact) mass is 256 g/mol. The maximum absolute atomic E-state index is 11.4. The van der Waals surface area contributed by atoms with Crippen molar-refractivity contribution in [1.29, 1.82) is 0 Å². The highest BCUT2D eigenvalue weighted by Gasteiger charge is 2.14. The van der Waals surface area contributed by atoms with E-state index in [2.05, 4.69) is 0 Å². The van der Waals surface area contributed by atoms with Crippen LogP contribution in [0.1, 0.15) is 0 Å². The lowest BCUT2D eigenvalue weighted by Crippen LogP contribution is -2.07. The minimum Gasteiger partial charge on any atom is -0.237 e. The number of hydrogen-bond donors (Lipinski definition) is 0. The van der Waals surface area contributed by atoms with Gasteiger partial charge < -0.3 is 0 Å². The van der Waals surface area contributed by atoms with E-state index < -0.39 is 25.2 Å². The highest BCUT2D eigenvalue weighted by Crippen LogP contribution is 2.06. The summed E-state index contributed by atoms with van der Waals surface area (Å²) in [6, 6.07) is 0. The second-order valence-electron chi connectivity index (χ2n) is 2.19. The van der Waals surface area contributed by atoms with Gasteiger partial charge in [-0.15, -0.1) is 0 Å². The Morgan fingerprint density at radius 3 is 0.875 bits per heavy atom. The molecule has 0 nitrogen and oxygen atoms in total. The summed E-state index contributed by atoms with van der Waals surface area (Å²) in [5.74, 6) is 0. The van der Waals surface area contributed by atoms with Crippen molar-refractivity contribution in [2.75, 3.05) is 0 Å². The minimum atomic E-state index is -3.12. The molecular formula is C8H8F8. The van der Waals surface area contributed by atoms with Gasteiger partial charge in [0.15, 0.2) is 12.3 Å². The summed E-state index contributed by atoms with van der Waals surface area (Å²) in [5.41, 5.74) is 0. The highest BCUT2D eigenvalue weighted by atomic mass is 19.3. The van der Waals surface area contributed by atoms with E-state index in [4.69, 9.17) is 0 Å². The van der Waals surface area contributed by atoms with Crippen molar-refractivity contribution in [3.05, 3.63) is 24.8 Å². The number of allylic oxidation sites excluding steroid dienone is 2. The van der Waals surface area contributed by atoms with E-state index in [9.17, 15) is 35.1 Å². The number of hydrogen-bond acceptors (Lipinski definition) is 0. The first-order valence-electron chi connectivity index (χ1n) is 3.75. The van der Waals surface area contributed by atoms with E-state index in [1.165, 1.54) is 0 Å². The van der Waals surface area contributed by atoms with Crippen LogP contribution in [-0.2, 0) is 0 Å². The second-order valence-corrected chi connectivity index (χ2v) is 2.19. The van der Waals surface area contributed by atoms with Crippen molar-refractivity contribution < 1.29 is 35.1 Å². The summed E-state index contributed by atoms with van der Waals surface area (Å²) in [5, 5.41) is 0. The SMILES string of the molecule is FC=CC(F)C(F)F.FC=CC(F)C(F)F. The molecule has 0 saturated heterocycles. The van der Waals surface area contributed by atoms with Gasteiger partial charge >= 0.3 is 0 Å². The van der Waals surface area contributed by atoms with Crippen LogP contribution in [0.2, 0.25) is 0 Å². The molecule has 0 aliphatic heterocycles. The van der Waals surface area contributed by atoms with Gasteiger partial charge in [-0.05, 0) is 12.2 Å². The number of rotatable bonds is 4. The number of halogens is 8. The summed E-state index contributed by atoms with van der Waals surface area (Å²) in [6.45, 7) is 0. The van der Waals surface area contributed by atoms with Crippen LogP contribution < -0.4 is 0 Å². The molecule has 0 amide bonds. The molecule has 0 saturated carbocycles. The predicted octanol–water partition coefficient (Wildman–Crippen LogP) is 4.15. The third kappa shape index (κ3) is 11.0. The Morgan fingerprint density at radius 1 is 0.562 bits per heavy atom. The van der Waals surface area contributed by atoms with Gasteiger partial charge in [0, 0.05) is 0 Å². The van der Waals surface area contributed by atoms with Crippen LogP contribution in [-0.4, -0.2) is 25.2 Å². The van der Waals surface area contributed by atoms with Gasteiger partial charge in [0.1, 0.15) is 0 Å². The van der Waals surface area contributed by atoms with Crippen LogP contribution in [0.15, 0.2) is 24.8 Å². The lowest BCUT2D eigenvalue weighted by atomic mass is 10.4. The van der Waals surface area contributed by atoms with E-state index in [1.807, 2.05) is 0 Å². The normalized spacial score (nSPS) is 15.6. The van der Waals surface area contributed by atoms with Crippen LogP contribution in [0.3, 0.4) is 0 Å². The van der Waals surface area contributed by atoms with Gasteiger partial charge in [0.2, 0.25) is 0 Å². The van der Waals surface area contributed by atoms with E-state index in [0.29, 0.717) is 0 Å². The van der Waals surface area contributed by atoms with Gasteiger partial charge in [-0.2, -0.15) is 0 Å². The molecule has 16 heavy (non-hydrogen) atoms. The number of alkyl halides is 6. The van der Waals surface area contributed by atoms with Crippen molar-refractivity contribution >= 4 is 0 Å². The van der Waals surface area contributed by atoms with Crippen LogP contribution in [0, 0.1) is 0 Å². The smallest absolute Gasteiger partial charge is 0.237 e. The van der Waals surface area contributed by atoms with E-state index in [1.54, 1.807) is 0 Å². The molecule has 0 aliphatic rings. The molecule has 0 aromatic heterocycles. The van der Waals surface area contributed by atoms with Gasteiger partial charge in [-0.25, -0.2) is 35.1 Å². The zero-order valence-corrected chi connectivity index (χ0v) is 7.64. The molecule has 2 atom stereocenters. The molecule has 0 heterocycles. The first kappa shape index (κ1) is 17.3. The summed E-state index contributed by atoms with van der Waals surface area (Å²) < 4.78 is 88.7. The average Bonchev–Trinajstić information content (AvgIpc) is 2.19. The van der Waals surface area contributed by atoms with Crippen LogP contribution in [0.4, 0.5) is 35.1 Å².